The minimum absolute atomic E-state index is 0.0290. The van der Waals surface area contributed by atoms with Gasteiger partial charge in [0.2, 0.25) is 0 Å². The molecule has 220 valence electrons. The fourth-order valence-electron chi connectivity index (χ4n) is 4.89. The van der Waals surface area contributed by atoms with E-state index in [1.54, 1.807) is 18.2 Å². The molecule has 8 nitrogen and oxygen atoms in total. The van der Waals surface area contributed by atoms with Crippen molar-refractivity contribution in [1.29, 1.82) is 0 Å². The van der Waals surface area contributed by atoms with Crippen LogP contribution in [0.25, 0.3) is 10.9 Å². The van der Waals surface area contributed by atoms with Gasteiger partial charge < -0.3 is 29.7 Å². The normalized spacial score (nSPS) is 13.6. The highest BCUT2D eigenvalue weighted by Gasteiger charge is 2.40. The summed E-state index contributed by atoms with van der Waals surface area (Å²) in [5, 5.41) is 5.95. The van der Waals surface area contributed by atoms with Crippen LogP contribution in [0, 0.1) is 0 Å². The van der Waals surface area contributed by atoms with Gasteiger partial charge in [0.15, 0.2) is 0 Å². The molecule has 0 radical (unpaired) electrons. The Hall–Kier alpha value is -4.51. The number of hydrogen-bond acceptors (Lipinski definition) is 8. The number of benzene rings is 3. The van der Waals surface area contributed by atoms with E-state index in [1.165, 1.54) is 26.2 Å². The molecule has 0 amide bonds. The molecule has 1 aliphatic rings. The molecule has 3 aromatic carbocycles. The van der Waals surface area contributed by atoms with Crippen LogP contribution in [-0.4, -0.2) is 50.8 Å². The number of nitrogens with one attached hydrogen (secondary N) is 2. The number of piperazine rings is 1. The summed E-state index contributed by atoms with van der Waals surface area (Å²) in [5.74, 6) is -0.839. The van der Waals surface area contributed by atoms with Gasteiger partial charge in [-0.05, 0) is 42.8 Å². The van der Waals surface area contributed by atoms with E-state index < -0.39 is 23.3 Å². The lowest BCUT2D eigenvalue weighted by molar-refractivity contribution is -0.136. The molecule has 4 aromatic rings. The Morgan fingerprint density at radius 3 is 2.50 bits per heavy atom. The number of carbonyl (C=O) groups excluding carboxylic acids is 1. The predicted molar refractivity (Wildman–Crippen MR) is 155 cm³/mol. The van der Waals surface area contributed by atoms with E-state index in [2.05, 4.69) is 20.5 Å². The van der Waals surface area contributed by atoms with Gasteiger partial charge in [-0.25, -0.2) is 9.78 Å². The topological polar surface area (TPSA) is 85.0 Å². The smallest absolute Gasteiger partial charge is 0.418 e. The maximum atomic E-state index is 14.7. The highest BCUT2D eigenvalue weighted by Crippen LogP contribution is 2.42. The number of rotatable bonds is 9. The van der Waals surface area contributed by atoms with Gasteiger partial charge in [-0.15, -0.1) is 0 Å². The minimum atomic E-state index is -4.91. The second-order valence-corrected chi connectivity index (χ2v) is 9.63. The molecular weight excluding hydrogens is 549 g/mol. The third-order valence-electron chi connectivity index (χ3n) is 6.89. The van der Waals surface area contributed by atoms with Gasteiger partial charge in [0.05, 0.1) is 30.5 Å². The summed E-state index contributed by atoms with van der Waals surface area (Å²) in [7, 11) is 1.47. The van der Waals surface area contributed by atoms with Crippen LogP contribution in [0.1, 0.15) is 28.4 Å². The Kier molecular flexibility index (Phi) is 8.67. The Balaban J connectivity index is 1.58. The molecular formula is C31H31F3N4O4. The Morgan fingerprint density at radius 2 is 1.81 bits per heavy atom. The maximum Gasteiger partial charge on any atom is 0.418 e. The van der Waals surface area contributed by atoms with Crippen LogP contribution < -0.4 is 25.0 Å². The lowest BCUT2D eigenvalue weighted by Gasteiger charge is -2.30. The van der Waals surface area contributed by atoms with Gasteiger partial charge in [-0.2, -0.15) is 13.2 Å². The Morgan fingerprint density at radius 1 is 1.05 bits per heavy atom. The van der Waals surface area contributed by atoms with Gasteiger partial charge in [0.25, 0.3) is 0 Å². The zero-order valence-electron chi connectivity index (χ0n) is 23.3. The Labute approximate surface area is 241 Å². The van der Waals surface area contributed by atoms with E-state index in [9.17, 15) is 18.0 Å². The number of hydrogen-bond donors (Lipinski definition) is 2. The van der Waals surface area contributed by atoms with Crippen molar-refractivity contribution >= 4 is 34.1 Å². The van der Waals surface area contributed by atoms with E-state index in [0.29, 0.717) is 11.4 Å². The molecule has 42 heavy (non-hydrogen) atoms. The maximum absolute atomic E-state index is 14.7. The third kappa shape index (κ3) is 6.36. The van der Waals surface area contributed by atoms with Crippen molar-refractivity contribution in [1.82, 2.24) is 10.3 Å². The summed E-state index contributed by atoms with van der Waals surface area (Å²) < 4.78 is 60.7. The molecule has 2 heterocycles. The summed E-state index contributed by atoms with van der Waals surface area (Å²) in [5.41, 5.74) is 0.275. The summed E-state index contributed by atoms with van der Waals surface area (Å²) in [6.45, 7) is 4.87. The monoisotopic (exact) mass is 580 g/mol. The van der Waals surface area contributed by atoms with Crippen LogP contribution in [0.15, 0.2) is 66.7 Å². The summed E-state index contributed by atoms with van der Waals surface area (Å²) in [6, 6.07) is 18.9. The number of carbonyl (C=O) groups is 1. The second kappa shape index (κ2) is 12.6. The lowest BCUT2D eigenvalue weighted by atomic mass is 10.0. The van der Waals surface area contributed by atoms with Crippen LogP contribution in [0.3, 0.4) is 0 Å². The average molecular weight is 581 g/mol. The van der Waals surface area contributed by atoms with Crippen molar-refractivity contribution in [2.75, 3.05) is 50.1 Å². The van der Waals surface area contributed by atoms with E-state index >= 15 is 0 Å². The summed E-state index contributed by atoms with van der Waals surface area (Å²) in [4.78, 5) is 19.7. The number of esters is 1. The van der Waals surface area contributed by atoms with Gasteiger partial charge in [-0.1, -0.05) is 30.3 Å². The van der Waals surface area contributed by atoms with E-state index in [0.717, 1.165) is 37.4 Å². The second-order valence-electron chi connectivity index (χ2n) is 9.63. The van der Waals surface area contributed by atoms with Crippen LogP contribution in [0.5, 0.6) is 11.5 Å². The quantitative estimate of drug-likeness (QED) is 0.228. The van der Waals surface area contributed by atoms with Gasteiger partial charge in [0, 0.05) is 43.3 Å². The van der Waals surface area contributed by atoms with E-state index in [4.69, 9.17) is 14.2 Å². The first kappa shape index (κ1) is 29.0. The molecule has 0 spiro atoms. The van der Waals surface area contributed by atoms with Crippen molar-refractivity contribution in [2.24, 2.45) is 0 Å². The van der Waals surface area contributed by atoms with Crippen molar-refractivity contribution in [2.45, 2.75) is 19.7 Å². The molecule has 0 saturated carbocycles. The van der Waals surface area contributed by atoms with Crippen molar-refractivity contribution in [3.63, 3.8) is 0 Å². The van der Waals surface area contributed by atoms with Crippen molar-refractivity contribution in [3.05, 3.63) is 83.4 Å². The zero-order valence-corrected chi connectivity index (χ0v) is 23.3. The molecule has 1 aliphatic heterocycles. The molecule has 5 rings (SSSR count). The highest BCUT2D eigenvalue weighted by molar-refractivity contribution is 6.03. The van der Waals surface area contributed by atoms with E-state index in [1.807, 2.05) is 36.4 Å². The summed E-state index contributed by atoms with van der Waals surface area (Å²) in [6.07, 6.45) is -4.91. The lowest BCUT2D eigenvalue weighted by Crippen LogP contribution is -2.43. The number of alkyl halides is 3. The fraction of sp³-hybridized carbons (Fsp3) is 0.290. The first-order chi connectivity index (χ1) is 20.3. The first-order valence-corrected chi connectivity index (χ1v) is 13.6. The predicted octanol–water partition coefficient (Wildman–Crippen LogP) is 6.17. The molecule has 0 bridgehead atoms. The van der Waals surface area contributed by atoms with Crippen molar-refractivity contribution in [3.8, 4) is 11.5 Å². The highest BCUT2D eigenvalue weighted by atomic mass is 19.4. The fourth-order valence-corrected chi connectivity index (χ4v) is 4.89. The van der Waals surface area contributed by atoms with Gasteiger partial charge >= 0.3 is 12.1 Å². The summed E-state index contributed by atoms with van der Waals surface area (Å²) >= 11 is 0. The molecule has 2 N–H and O–H groups in total. The minimum Gasteiger partial charge on any atom is -0.494 e. The zero-order chi connectivity index (χ0) is 29.7. The van der Waals surface area contributed by atoms with E-state index in [-0.39, 0.29) is 35.7 Å². The number of ether oxygens (including phenoxy) is 3. The first-order valence-electron chi connectivity index (χ1n) is 13.6. The molecule has 0 aliphatic carbocycles. The Bertz CT molecular complexity index is 1560. The van der Waals surface area contributed by atoms with Gasteiger partial charge in [-0.3, -0.25) is 0 Å². The van der Waals surface area contributed by atoms with Crippen LogP contribution in [0.2, 0.25) is 0 Å². The third-order valence-corrected chi connectivity index (χ3v) is 6.89. The number of anilines is 3. The van der Waals surface area contributed by atoms with Crippen LogP contribution >= 0.6 is 0 Å². The number of fused-ring (bicyclic) bond motifs is 1. The average Bonchev–Trinajstić information content (AvgIpc) is 3.00. The standard InChI is InChI=1S/C31H31F3N4O4/c1-3-41-30(39)27-28(31(32,33)34)23-18-22(42-19-20-7-5-4-6-8-20)10-12-24(23)36-29(27)37-25-11-9-21(17-26(25)40-2)38-15-13-35-14-16-38/h4-12,17-18,35H,3,13-16,19H2,1-2H3,(H,36,37). The number of nitrogens with zero attached hydrogens (tertiary/aromatic N) is 2. The molecule has 1 aromatic heterocycles. The molecule has 0 unspecified atom stereocenters. The van der Waals surface area contributed by atoms with Crippen LogP contribution in [0.4, 0.5) is 30.4 Å². The largest absolute Gasteiger partial charge is 0.494 e. The number of pyridine rings is 1. The number of aromatic nitrogens is 1. The molecule has 0 atom stereocenters. The SMILES string of the molecule is CCOC(=O)c1c(Nc2ccc(N3CCNCC3)cc2OC)nc2ccc(OCc3ccccc3)cc2c1C(F)(F)F. The van der Waals surface area contributed by atoms with Gasteiger partial charge in [0.1, 0.15) is 29.5 Å². The number of halogens is 3. The van der Waals surface area contributed by atoms with Crippen LogP contribution in [-0.2, 0) is 17.5 Å². The van der Waals surface area contributed by atoms with Crippen molar-refractivity contribution < 1.29 is 32.2 Å². The number of methoxy groups -OCH3 is 1. The molecule has 1 fully saturated rings. The molecule has 11 heteroatoms. The molecule has 1 saturated heterocycles.